The van der Waals surface area contributed by atoms with Gasteiger partial charge in [-0.15, -0.1) is 0 Å². The molecule has 0 saturated heterocycles. The van der Waals surface area contributed by atoms with Crippen molar-refractivity contribution in [3.63, 3.8) is 0 Å². The molecule has 0 atom stereocenters. The Morgan fingerprint density at radius 2 is 1.25 bits per heavy atom. The second-order valence-electron chi connectivity index (χ2n) is 2.31. The Labute approximate surface area is 81.9 Å². The Hall–Kier alpha value is -0.600. The Bertz CT molecular complexity index is 258. The monoisotopic (exact) mass is 204 g/mol. The van der Waals surface area contributed by atoms with Crippen LogP contribution in [0.5, 0.6) is 0 Å². The van der Waals surface area contributed by atoms with Crippen LogP contribution in [0.25, 0.3) is 0 Å². The van der Waals surface area contributed by atoms with E-state index in [0.29, 0.717) is 10.0 Å². The highest BCUT2D eigenvalue weighted by molar-refractivity contribution is 6.42. The molecule has 0 unspecified atom stereocenters. The molecule has 0 fully saturated rings. The average molecular weight is 205 g/mol. The minimum Gasteiger partial charge on any atom is -0.386 e. The zero-order valence-electron chi connectivity index (χ0n) is 6.91. The van der Waals surface area contributed by atoms with Gasteiger partial charge in [-0.3, -0.25) is 0 Å². The van der Waals surface area contributed by atoms with Gasteiger partial charge in [-0.2, -0.15) is 0 Å². The van der Waals surface area contributed by atoms with Crippen LogP contribution in [-0.2, 0) is 0 Å². The molecule has 0 aliphatic rings. The summed E-state index contributed by atoms with van der Waals surface area (Å²) >= 11 is 11.6. The Morgan fingerprint density at radius 1 is 0.917 bits per heavy atom. The minimum absolute atomic E-state index is 0.556. The summed E-state index contributed by atoms with van der Waals surface area (Å²) in [6.07, 6.45) is 0. The molecule has 66 valence electrons. The maximum atomic E-state index is 5.82. The van der Waals surface area contributed by atoms with Gasteiger partial charge in [-0.25, -0.2) is 0 Å². The summed E-state index contributed by atoms with van der Waals surface area (Å²) in [6.45, 7) is 0. The van der Waals surface area contributed by atoms with E-state index in [1.165, 1.54) is 0 Å². The lowest BCUT2D eigenvalue weighted by Gasteiger charge is -2.09. The van der Waals surface area contributed by atoms with Crippen LogP contribution in [0, 0.1) is 0 Å². The highest BCUT2D eigenvalue weighted by atomic mass is 35.5. The van der Waals surface area contributed by atoms with Crippen LogP contribution in [-0.4, -0.2) is 14.1 Å². The first-order chi connectivity index (χ1) is 5.69. The van der Waals surface area contributed by atoms with Crippen LogP contribution in [0.4, 0.5) is 11.4 Å². The van der Waals surface area contributed by atoms with Gasteiger partial charge in [0.15, 0.2) is 0 Å². The van der Waals surface area contributed by atoms with Crippen molar-refractivity contribution in [2.24, 2.45) is 0 Å². The van der Waals surface area contributed by atoms with Gasteiger partial charge in [0.25, 0.3) is 0 Å². The minimum atomic E-state index is 0.556. The van der Waals surface area contributed by atoms with Gasteiger partial charge in [0, 0.05) is 14.1 Å². The predicted octanol–water partition coefficient (Wildman–Crippen LogP) is 3.08. The summed E-state index contributed by atoms with van der Waals surface area (Å²) in [5, 5.41) is 7.13. The molecule has 0 spiro atoms. The molecule has 0 aliphatic heterocycles. The largest absolute Gasteiger partial charge is 0.386 e. The topological polar surface area (TPSA) is 24.1 Å². The highest BCUT2D eigenvalue weighted by Gasteiger charge is 2.03. The third kappa shape index (κ3) is 1.76. The third-order valence-electron chi connectivity index (χ3n) is 1.60. The van der Waals surface area contributed by atoms with Gasteiger partial charge < -0.3 is 10.6 Å². The van der Waals surface area contributed by atoms with Crippen molar-refractivity contribution >= 4 is 34.6 Å². The number of nitrogens with one attached hydrogen (secondary N) is 2. The zero-order valence-corrected chi connectivity index (χ0v) is 8.42. The predicted molar refractivity (Wildman–Crippen MR) is 55.6 cm³/mol. The van der Waals surface area contributed by atoms with Crippen molar-refractivity contribution in [3.8, 4) is 0 Å². The van der Waals surface area contributed by atoms with Gasteiger partial charge in [0.2, 0.25) is 0 Å². The van der Waals surface area contributed by atoms with Crippen LogP contribution in [0.3, 0.4) is 0 Å². The SMILES string of the molecule is CNc1cc(Cl)c(Cl)cc1NC. The molecule has 12 heavy (non-hydrogen) atoms. The molecule has 1 aromatic carbocycles. The lowest BCUT2D eigenvalue weighted by molar-refractivity contribution is 1.45. The quantitative estimate of drug-likeness (QED) is 0.775. The number of benzene rings is 1. The lowest BCUT2D eigenvalue weighted by Crippen LogP contribution is -1.96. The first kappa shape index (κ1) is 9.49. The van der Waals surface area contributed by atoms with Gasteiger partial charge >= 0.3 is 0 Å². The van der Waals surface area contributed by atoms with Crippen molar-refractivity contribution in [1.29, 1.82) is 0 Å². The molecule has 0 heterocycles. The average Bonchev–Trinajstić information content (AvgIpc) is 2.09. The Kier molecular flexibility index (Phi) is 3.06. The summed E-state index contributed by atoms with van der Waals surface area (Å²) < 4.78 is 0. The van der Waals surface area contributed by atoms with E-state index in [1.807, 2.05) is 14.1 Å². The first-order valence-corrected chi connectivity index (χ1v) is 4.29. The standard InChI is InChI=1S/C8H10Cl2N2/c1-11-7-3-5(9)6(10)4-8(7)12-2/h3-4,11-12H,1-2H3. The molecule has 0 radical (unpaired) electrons. The van der Waals surface area contributed by atoms with E-state index in [4.69, 9.17) is 23.2 Å². The second-order valence-corrected chi connectivity index (χ2v) is 3.13. The van der Waals surface area contributed by atoms with Crippen molar-refractivity contribution in [3.05, 3.63) is 22.2 Å². The maximum Gasteiger partial charge on any atom is 0.0614 e. The highest BCUT2D eigenvalue weighted by Crippen LogP contribution is 2.31. The van der Waals surface area contributed by atoms with E-state index in [1.54, 1.807) is 12.1 Å². The van der Waals surface area contributed by atoms with Gasteiger partial charge in [0.1, 0.15) is 0 Å². The number of halogens is 2. The smallest absolute Gasteiger partial charge is 0.0614 e. The molecule has 1 aromatic rings. The summed E-state index contributed by atoms with van der Waals surface area (Å²) in [4.78, 5) is 0. The molecular weight excluding hydrogens is 195 g/mol. The van der Waals surface area contributed by atoms with Crippen molar-refractivity contribution < 1.29 is 0 Å². The van der Waals surface area contributed by atoms with Crippen LogP contribution in [0.1, 0.15) is 0 Å². The van der Waals surface area contributed by atoms with E-state index in [-0.39, 0.29) is 0 Å². The van der Waals surface area contributed by atoms with E-state index >= 15 is 0 Å². The Morgan fingerprint density at radius 3 is 1.50 bits per heavy atom. The fourth-order valence-electron chi connectivity index (χ4n) is 0.961. The van der Waals surface area contributed by atoms with Crippen molar-refractivity contribution in [2.45, 2.75) is 0 Å². The van der Waals surface area contributed by atoms with Crippen LogP contribution in [0.2, 0.25) is 10.0 Å². The van der Waals surface area contributed by atoms with Crippen LogP contribution < -0.4 is 10.6 Å². The summed E-state index contributed by atoms with van der Waals surface area (Å²) in [7, 11) is 3.67. The number of hydrogen-bond acceptors (Lipinski definition) is 2. The second kappa shape index (κ2) is 3.87. The van der Waals surface area contributed by atoms with E-state index in [9.17, 15) is 0 Å². The van der Waals surface area contributed by atoms with Gasteiger partial charge in [-0.1, -0.05) is 23.2 Å². The number of hydrogen-bond donors (Lipinski definition) is 2. The molecule has 0 saturated carbocycles. The van der Waals surface area contributed by atoms with Crippen molar-refractivity contribution in [1.82, 2.24) is 0 Å². The fourth-order valence-corrected chi connectivity index (χ4v) is 1.29. The van der Waals surface area contributed by atoms with Crippen molar-refractivity contribution in [2.75, 3.05) is 24.7 Å². The van der Waals surface area contributed by atoms with E-state index in [0.717, 1.165) is 11.4 Å². The maximum absolute atomic E-state index is 5.82. The molecule has 0 bridgehead atoms. The lowest BCUT2D eigenvalue weighted by atomic mass is 10.2. The normalized spacial score (nSPS) is 9.67. The Balaban J connectivity index is 3.19. The molecular formula is C8H10Cl2N2. The van der Waals surface area contributed by atoms with Crippen LogP contribution in [0.15, 0.2) is 12.1 Å². The summed E-state index contributed by atoms with van der Waals surface area (Å²) in [5.41, 5.74) is 1.87. The van der Waals surface area contributed by atoms with Crippen LogP contribution >= 0.6 is 23.2 Å². The third-order valence-corrected chi connectivity index (χ3v) is 2.32. The van der Waals surface area contributed by atoms with Gasteiger partial charge in [0.05, 0.1) is 21.4 Å². The summed E-state index contributed by atoms with van der Waals surface area (Å²) in [5.74, 6) is 0. The van der Waals surface area contributed by atoms with Gasteiger partial charge in [-0.05, 0) is 12.1 Å². The number of rotatable bonds is 2. The number of anilines is 2. The summed E-state index contributed by atoms with van der Waals surface area (Å²) in [6, 6.07) is 3.57. The molecule has 0 aromatic heterocycles. The molecule has 2 nitrogen and oxygen atoms in total. The van der Waals surface area contributed by atoms with E-state index < -0.39 is 0 Å². The molecule has 2 N–H and O–H groups in total. The molecule has 0 amide bonds. The zero-order chi connectivity index (χ0) is 9.14. The first-order valence-electron chi connectivity index (χ1n) is 3.53. The fraction of sp³-hybridized carbons (Fsp3) is 0.250. The molecule has 1 rings (SSSR count). The molecule has 4 heteroatoms. The van der Waals surface area contributed by atoms with E-state index in [2.05, 4.69) is 10.6 Å². The molecule has 0 aliphatic carbocycles.